The Kier molecular flexibility index (Phi) is 9.91. The first-order chi connectivity index (χ1) is 23.4. The maximum absolute atomic E-state index is 13.2. The largest absolute Gasteiger partial charge is 0.493 e. The number of anilines is 2. The van der Waals surface area contributed by atoms with Gasteiger partial charge in [-0.15, -0.1) is 0 Å². The Morgan fingerprint density at radius 2 is 1.76 bits per heavy atom. The van der Waals surface area contributed by atoms with Crippen molar-refractivity contribution in [3.8, 4) is 23.1 Å². The number of benzene rings is 3. The predicted molar refractivity (Wildman–Crippen MR) is 176 cm³/mol. The molecule has 0 radical (unpaired) electrons. The lowest BCUT2D eigenvalue weighted by atomic mass is 9.77. The fraction of sp³-hybridized carbons (Fsp3) is 0.333. The highest BCUT2D eigenvalue weighted by atomic mass is 35.5. The Morgan fingerprint density at radius 3 is 2.43 bits per heavy atom. The van der Waals surface area contributed by atoms with E-state index in [1.165, 1.54) is 37.7 Å². The van der Waals surface area contributed by atoms with Crippen LogP contribution in [0.5, 0.6) is 23.1 Å². The van der Waals surface area contributed by atoms with Crippen molar-refractivity contribution in [2.75, 3.05) is 50.7 Å². The number of hydrogen-bond donors (Lipinski definition) is 2. The van der Waals surface area contributed by atoms with Crippen molar-refractivity contribution >= 4 is 57.4 Å². The molecule has 2 aliphatic heterocycles. The second-order valence-electron chi connectivity index (χ2n) is 11.7. The van der Waals surface area contributed by atoms with E-state index in [-0.39, 0.29) is 52.4 Å². The molecule has 2 aliphatic rings. The molecule has 0 saturated carbocycles. The van der Waals surface area contributed by atoms with Gasteiger partial charge >= 0.3 is 12.2 Å². The van der Waals surface area contributed by atoms with Crippen molar-refractivity contribution < 1.29 is 41.7 Å². The average molecular weight is 721 g/mol. The van der Waals surface area contributed by atoms with Gasteiger partial charge < -0.3 is 34.5 Å². The summed E-state index contributed by atoms with van der Waals surface area (Å²) >= 11 is 12.0. The summed E-state index contributed by atoms with van der Waals surface area (Å²) in [5, 5.41) is 4.91. The maximum Gasteiger partial charge on any atom is 0.417 e. The van der Waals surface area contributed by atoms with E-state index in [9.17, 15) is 22.8 Å². The molecule has 0 bridgehead atoms. The fourth-order valence-electron chi connectivity index (χ4n) is 5.59. The van der Waals surface area contributed by atoms with Gasteiger partial charge in [0.05, 0.1) is 65.6 Å². The van der Waals surface area contributed by atoms with Gasteiger partial charge in [-0.1, -0.05) is 23.2 Å². The molecule has 2 saturated heterocycles. The maximum atomic E-state index is 13.2. The highest BCUT2D eigenvalue weighted by Gasteiger charge is 2.42. The van der Waals surface area contributed by atoms with Crippen molar-refractivity contribution in [3.63, 3.8) is 0 Å². The van der Waals surface area contributed by atoms with Gasteiger partial charge in [-0.2, -0.15) is 13.2 Å². The van der Waals surface area contributed by atoms with Crippen LogP contribution >= 0.6 is 23.2 Å². The molecule has 11 nitrogen and oxygen atoms in total. The Morgan fingerprint density at radius 1 is 0.980 bits per heavy atom. The molecule has 0 unspecified atom stereocenters. The average Bonchev–Trinajstić information content (AvgIpc) is 3.05. The number of rotatable bonds is 9. The Bertz CT molecular complexity index is 1880. The number of aromatic nitrogens is 2. The third kappa shape index (κ3) is 7.87. The number of carbonyl (C=O) groups excluding carboxylic acids is 2. The molecular formula is C33H30Cl2F3N5O6. The van der Waals surface area contributed by atoms with Crippen LogP contribution in [0.4, 0.5) is 29.3 Å². The highest BCUT2D eigenvalue weighted by molar-refractivity contribution is 6.34. The zero-order chi connectivity index (χ0) is 34.8. The number of urea groups is 1. The number of alkyl halides is 3. The number of halogens is 5. The summed E-state index contributed by atoms with van der Waals surface area (Å²) in [6.45, 7) is 3.16. The SMILES string of the molecule is COc1cc2c(Oc3ccc(NC(=O)Nc4ccc(Cl)c(C(F)(F)F)c4)c(Cl)c3)ncnc2cc1OCCC(=O)N1CCC2(CC1)COC2. The molecule has 258 valence electrons. The van der Waals surface area contributed by atoms with Crippen LogP contribution in [0.25, 0.3) is 10.9 Å². The number of methoxy groups -OCH3 is 1. The van der Waals surface area contributed by atoms with Gasteiger partial charge in [0, 0.05) is 36.3 Å². The molecule has 6 rings (SSSR count). The number of ether oxygens (including phenoxy) is 4. The zero-order valence-corrected chi connectivity index (χ0v) is 27.5. The Balaban J connectivity index is 1.08. The summed E-state index contributed by atoms with van der Waals surface area (Å²) in [5.74, 6) is 1.28. The Labute approximate surface area is 288 Å². The summed E-state index contributed by atoms with van der Waals surface area (Å²) in [6.07, 6.45) is -1.25. The topological polar surface area (TPSA) is 124 Å². The third-order valence-corrected chi connectivity index (χ3v) is 9.03. The van der Waals surface area contributed by atoms with E-state index in [2.05, 4.69) is 20.6 Å². The number of amides is 3. The van der Waals surface area contributed by atoms with Gasteiger partial charge in [0.25, 0.3) is 0 Å². The summed E-state index contributed by atoms with van der Waals surface area (Å²) < 4.78 is 62.4. The standard InChI is InChI=1S/C33H30Cl2F3N5O6/c1-46-27-14-21-26(15-28(27)48-11-6-29(44)43-9-7-32(8-10-43)16-47-17-32)39-18-40-30(21)49-20-3-5-25(24(35)13-20)42-31(45)41-19-2-4-23(34)22(12-19)33(36,37)38/h2-5,12-15,18H,6-11,16-17H2,1H3,(H2,41,42,45). The molecule has 2 fully saturated rings. The van der Waals surface area contributed by atoms with E-state index >= 15 is 0 Å². The predicted octanol–water partition coefficient (Wildman–Crippen LogP) is 7.81. The molecule has 1 aromatic heterocycles. The van der Waals surface area contributed by atoms with Crippen LogP contribution < -0.4 is 24.8 Å². The zero-order valence-electron chi connectivity index (χ0n) is 26.0. The number of nitrogens with one attached hydrogen (secondary N) is 2. The van der Waals surface area contributed by atoms with Gasteiger partial charge in [0.1, 0.15) is 12.1 Å². The van der Waals surface area contributed by atoms with E-state index in [1.807, 2.05) is 4.90 Å². The van der Waals surface area contributed by atoms with Crippen LogP contribution in [0.2, 0.25) is 10.0 Å². The molecule has 49 heavy (non-hydrogen) atoms. The van der Waals surface area contributed by atoms with Crippen LogP contribution in [-0.4, -0.2) is 66.8 Å². The molecule has 3 amide bonds. The third-order valence-electron chi connectivity index (χ3n) is 8.38. The summed E-state index contributed by atoms with van der Waals surface area (Å²) in [5.41, 5.74) is -0.286. The van der Waals surface area contributed by atoms with Gasteiger partial charge in [0.15, 0.2) is 11.5 Å². The van der Waals surface area contributed by atoms with Crippen molar-refractivity contribution in [3.05, 3.63) is 70.5 Å². The van der Waals surface area contributed by atoms with Crippen molar-refractivity contribution in [1.29, 1.82) is 0 Å². The van der Waals surface area contributed by atoms with Crippen LogP contribution in [0.3, 0.4) is 0 Å². The molecule has 2 N–H and O–H groups in total. The lowest BCUT2D eigenvalue weighted by Crippen LogP contribution is -2.52. The number of fused-ring (bicyclic) bond motifs is 1. The lowest BCUT2D eigenvalue weighted by molar-refractivity contribution is -0.153. The van der Waals surface area contributed by atoms with Crippen molar-refractivity contribution in [2.24, 2.45) is 5.41 Å². The second kappa shape index (κ2) is 14.1. The first-order valence-corrected chi connectivity index (χ1v) is 15.9. The molecular weight excluding hydrogens is 690 g/mol. The number of likely N-dealkylation sites (tertiary alicyclic amines) is 1. The monoisotopic (exact) mass is 719 g/mol. The van der Waals surface area contributed by atoms with Crippen LogP contribution in [0.15, 0.2) is 54.9 Å². The van der Waals surface area contributed by atoms with E-state index in [0.29, 0.717) is 22.4 Å². The molecule has 4 aromatic rings. The van der Waals surface area contributed by atoms with Gasteiger partial charge in [-0.05, 0) is 49.2 Å². The first-order valence-electron chi connectivity index (χ1n) is 15.2. The van der Waals surface area contributed by atoms with E-state index in [0.717, 1.165) is 51.3 Å². The van der Waals surface area contributed by atoms with Gasteiger partial charge in [-0.3, -0.25) is 4.79 Å². The molecule has 16 heteroatoms. The van der Waals surface area contributed by atoms with Gasteiger partial charge in [-0.25, -0.2) is 14.8 Å². The van der Waals surface area contributed by atoms with Crippen LogP contribution in [-0.2, 0) is 15.7 Å². The minimum Gasteiger partial charge on any atom is -0.493 e. The van der Waals surface area contributed by atoms with Crippen molar-refractivity contribution in [2.45, 2.75) is 25.4 Å². The first kappa shape index (κ1) is 34.3. The van der Waals surface area contributed by atoms with E-state index in [1.54, 1.807) is 12.1 Å². The second-order valence-corrected chi connectivity index (χ2v) is 12.5. The van der Waals surface area contributed by atoms with Crippen LogP contribution in [0.1, 0.15) is 24.8 Å². The highest BCUT2D eigenvalue weighted by Crippen LogP contribution is 2.40. The minimum atomic E-state index is -4.69. The fourth-order valence-corrected chi connectivity index (χ4v) is 6.03. The molecule has 3 heterocycles. The summed E-state index contributed by atoms with van der Waals surface area (Å²) in [6, 6.07) is 9.93. The molecule has 0 atom stereocenters. The number of nitrogens with zero attached hydrogens (tertiary/aromatic N) is 3. The molecule has 0 aliphatic carbocycles. The summed E-state index contributed by atoms with van der Waals surface area (Å²) in [7, 11) is 1.49. The number of hydrogen-bond acceptors (Lipinski definition) is 8. The number of piperidine rings is 1. The van der Waals surface area contributed by atoms with Crippen LogP contribution in [0, 0.1) is 5.41 Å². The van der Waals surface area contributed by atoms with E-state index < -0.39 is 22.8 Å². The molecule has 1 spiro atoms. The minimum absolute atomic E-state index is 0.0365. The normalized spacial score (nSPS) is 15.4. The van der Waals surface area contributed by atoms with Crippen molar-refractivity contribution in [1.82, 2.24) is 14.9 Å². The van der Waals surface area contributed by atoms with Gasteiger partial charge in [0.2, 0.25) is 11.8 Å². The summed E-state index contributed by atoms with van der Waals surface area (Å²) in [4.78, 5) is 35.7. The van der Waals surface area contributed by atoms with E-state index in [4.69, 9.17) is 42.1 Å². The number of carbonyl (C=O) groups is 2. The quantitative estimate of drug-likeness (QED) is 0.180. The molecule has 3 aromatic carbocycles. The lowest BCUT2D eigenvalue weighted by Gasteiger charge is -2.47. The smallest absolute Gasteiger partial charge is 0.417 e. The Hall–Kier alpha value is -4.53.